The molecular formula is C24H29ClO10. The molecule has 0 aromatic rings. The van der Waals surface area contributed by atoms with Crippen LogP contribution in [0.3, 0.4) is 0 Å². The second kappa shape index (κ2) is 8.40. The first-order valence-electron chi connectivity index (χ1n) is 11.4. The first kappa shape index (κ1) is 25.8. The van der Waals surface area contributed by atoms with Crippen LogP contribution in [0.2, 0.25) is 0 Å². The van der Waals surface area contributed by atoms with Crippen LogP contribution in [-0.4, -0.2) is 81.5 Å². The van der Waals surface area contributed by atoms with Crippen molar-refractivity contribution in [3.63, 3.8) is 0 Å². The van der Waals surface area contributed by atoms with Gasteiger partial charge in [0, 0.05) is 12.3 Å². The normalized spacial score (nSPS) is 46.6. The number of aliphatic hydroxyl groups excluding tert-OH is 2. The number of alkyl halides is 1. The minimum absolute atomic E-state index is 0.00676. The number of hydrogen-bond donors (Lipinski definition) is 2. The first-order chi connectivity index (χ1) is 16.2. The van der Waals surface area contributed by atoms with E-state index >= 15 is 0 Å². The quantitative estimate of drug-likeness (QED) is 0.238. The van der Waals surface area contributed by atoms with Crippen LogP contribution in [0.5, 0.6) is 0 Å². The van der Waals surface area contributed by atoms with Gasteiger partial charge in [0.15, 0.2) is 23.1 Å². The van der Waals surface area contributed by atoms with Gasteiger partial charge in [0.25, 0.3) is 0 Å². The molecule has 1 spiro atoms. The molecule has 1 aliphatic carbocycles. The number of ether oxygens (including phenoxy) is 4. The molecule has 2 bridgehead atoms. The average Bonchev–Trinajstić information content (AvgIpc) is 3.02. The number of fused-ring (bicyclic) bond motifs is 3. The summed E-state index contributed by atoms with van der Waals surface area (Å²) < 4.78 is 23.5. The van der Waals surface area contributed by atoms with Gasteiger partial charge < -0.3 is 29.2 Å². The van der Waals surface area contributed by atoms with Gasteiger partial charge in [-0.25, -0.2) is 4.79 Å². The van der Waals surface area contributed by atoms with E-state index in [2.05, 4.69) is 6.58 Å². The Morgan fingerprint density at radius 1 is 1.29 bits per heavy atom. The molecule has 0 saturated carbocycles. The molecule has 0 aromatic heterocycles. The van der Waals surface area contributed by atoms with E-state index in [-0.39, 0.29) is 6.42 Å². The molecule has 0 unspecified atom stereocenters. The van der Waals surface area contributed by atoms with Crippen molar-refractivity contribution < 1.29 is 48.3 Å². The van der Waals surface area contributed by atoms with E-state index in [4.69, 9.17) is 30.5 Å². The average molecular weight is 513 g/mol. The highest BCUT2D eigenvalue weighted by atomic mass is 35.5. The van der Waals surface area contributed by atoms with Crippen LogP contribution in [0.4, 0.5) is 0 Å². The van der Waals surface area contributed by atoms with Crippen molar-refractivity contribution in [3.05, 3.63) is 24.3 Å². The third-order valence-corrected chi connectivity index (χ3v) is 8.51. The number of esters is 3. The van der Waals surface area contributed by atoms with E-state index in [0.717, 1.165) is 6.92 Å². The third kappa shape index (κ3) is 3.48. The van der Waals surface area contributed by atoms with Gasteiger partial charge in [0.05, 0.1) is 29.4 Å². The minimum atomic E-state index is -1.88. The monoisotopic (exact) mass is 512 g/mol. The fourth-order valence-electron chi connectivity index (χ4n) is 6.39. The lowest BCUT2D eigenvalue weighted by atomic mass is 9.52. The van der Waals surface area contributed by atoms with Crippen molar-refractivity contribution in [2.24, 2.45) is 17.3 Å². The summed E-state index contributed by atoms with van der Waals surface area (Å²) in [5.74, 6) is -5.30. The number of carbonyl (C=O) groups excluding carboxylic acids is 4. The fraction of sp³-hybridized carbons (Fsp3) is 0.667. The number of rotatable bonds is 3. The SMILES string of the molecule is C=C1C[C@@H](O)[C@@H]2O[C@]3([C@H](OC(=O)[C@@H]3C)[C@@H]1Cl)[C@H](OC(=O)CO)[C@@H]1[C@@]2(C)C=CC(=O)[C@@]1(C)OC(C)=O. The van der Waals surface area contributed by atoms with Crippen molar-refractivity contribution >= 4 is 35.3 Å². The maximum Gasteiger partial charge on any atom is 0.332 e. The van der Waals surface area contributed by atoms with Gasteiger partial charge in [-0.05, 0) is 26.3 Å². The Bertz CT molecular complexity index is 1020. The molecule has 3 aliphatic heterocycles. The van der Waals surface area contributed by atoms with Crippen molar-refractivity contribution in [2.75, 3.05) is 6.61 Å². The van der Waals surface area contributed by atoms with Crippen LogP contribution in [0.25, 0.3) is 0 Å². The Morgan fingerprint density at radius 3 is 2.54 bits per heavy atom. The van der Waals surface area contributed by atoms with Crippen LogP contribution in [0, 0.1) is 17.3 Å². The molecule has 3 fully saturated rings. The summed E-state index contributed by atoms with van der Waals surface area (Å²) in [5, 5.41) is 19.8. The molecule has 4 aliphatic rings. The molecule has 35 heavy (non-hydrogen) atoms. The van der Waals surface area contributed by atoms with Crippen molar-refractivity contribution in [2.45, 2.75) is 75.1 Å². The zero-order valence-corrected chi connectivity index (χ0v) is 20.6. The summed E-state index contributed by atoms with van der Waals surface area (Å²) in [6, 6.07) is 0. The number of aliphatic hydroxyl groups is 2. The molecule has 10 atom stereocenters. The molecule has 0 aromatic carbocycles. The molecule has 192 valence electrons. The van der Waals surface area contributed by atoms with Crippen molar-refractivity contribution in [3.8, 4) is 0 Å². The summed E-state index contributed by atoms with van der Waals surface area (Å²) >= 11 is 6.69. The van der Waals surface area contributed by atoms with Crippen LogP contribution < -0.4 is 0 Å². The van der Waals surface area contributed by atoms with E-state index in [1.54, 1.807) is 6.92 Å². The predicted molar refractivity (Wildman–Crippen MR) is 119 cm³/mol. The van der Waals surface area contributed by atoms with Gasteiger partial charge in [-0.15, -0.1) is 11.6 Å². The van der Waals surface area contributed by atoms with Crippen LogP contribution >= 0.6 is 11.6 Å². The molecule has 3 saturated heterocycles. The topological polar surface area (TPSA) is 146 Å². The fourth-order valence-corrected chi connectivity index (χ4v) is 6.73. The number of hydrogen-bond acceptors (Lipinski definition) is 10. The lowest BCUT2D eigenvalue weighted by Gasteiger charge is -2.63. The zero-order chi connectivity index (χ0) is 26.1. The van der Waals surface area contributed by atoms with Gasteiger partial charge >= 0.3 is 17.9 Å². The van der Waals surface area contributed by atoms with Crippen LogP contribution in [0.1, 0.15) is 34.1 Å². The Kier molecular flexibility index (Phi) is 6.19. The van der Waals surface area contributed by atoms with Crippen LogP contribution in [-0.2, 0) is 38.1 Å². The summed E-state index contributed by atoms with van der Waals surface area (Å²) in [6.45, 7) is 8.69. The number of ketones is 1. The van der Waals surface area contributed by atoms with E-state index in [1.807, 2.05) is 0 Å². The second-order valence-corrected chi connectivity index (χ2v) is 10.6. The molecule has 4 rings (SSSR count). The lowest BCUT2D eigenvalue weighted by Crippen LogP contribution is -2.77. The summed E-state index contributed by atoms with van der Waals surface area (Å²) in [5.41, 5.74) is -4.52. The molecule has 10 nitrogen and oxygen atoms in total. The van der Waals surface area contributed by atoms with Crippen molar-refractivity contribution in [1.29, 1.82) is 0 Å². The Balaban J connectivity index is 2.06. The molecule has 11 heteroatoms. The van der Waals surface area contributed by atoms with Gasteiger partial charge in [0.2, 0.25) is 0 Å². The van der Waals surface area contributed by atoms with Gasteiger partial charge in [-0.1, -0.05) is 25.2 Å². The minimum Gasteiger partial charge on any atom is -0.457 e. The Hall–Kier alpha value is -2.27. The second-order valence-electron chi connectivity index (χ2n) is 10.1. The standard InChI is InChI=1S/C24H29ClO10/c1-10-8-13(28)18-22(4)7-6-14(29)23(5,34-12(3)27)17(22)20(32-15(30)9-26)24(35-18)11(2)21(31)33-19(24)16(10)25/h6-7,11,13,16-20,26,28H,1,8-9H2,2-5H3/t11-,13+,16+,17+,18-,19+,20+,22+,23+,24+/m0/s1. The first-order valence-corrected chi connectivity index (χ1v) is 11.8. The molecule has 0 amide bonds. The molecule has 3 heterocycles. The summed E-state index contributed by atoms with van der Waals surface area (Å²) in [6.07, 6.45) is -2.13. The Labute approximate surface area is 207 Å². The largest absolute Gasteiger partial charge is 0.457 e. The smallest absolute Gasteiger partial charge is 0.332 e. The van der Waals surface area contributed by atoms with Gasteiger partial charge in [-0.2, -0.15) is 0 Å². The van der Waals surface area contributed by atoms with Gasteiger partial charge in [0.1, 0.15) is 12.7 Å². The highest BCUT2D eigenvalue weighted by Gasteiger charge is 2.77. The third-order valence-electron chi connectivity index (χ3n) is 7.98. The summed E-state index contributed by atoms with van der Waals surface area (Å²) in [7, 11) is 0. The van der Waals surface area contributed by atoms with E-state index in [0.29, 0.717) is 5.57 Å². The maximum atomic E-state index is 13.3. The summed E-state index contributed by atoms with van der Waals surface area (Å²) in [4.78, 5) is 50.9. The number of carbonyl (C=O) groups is 4. The molecule has 0 radical (unpaired) electrons. The van der Waals surface area contributed by atoms with Crippen LogP contribution in [0.15, 0.2) is 24.3 Å². The molecular weight excluding hydrogens is 484 g/mol. The van der Waals surface area contributed by atoms with Gasteiger partial charge in [-0.3, -0.25) is 14.4 Å². The Morgan fingerprint density at radius 2 is 1.94 bits per heavy atom. The number of halogens is 1. The zero-order valence-electron chi connectivity index (χ0n) is 19.9. The van der Waals surface area contributed by atoms with E-state index < -0.39 is 88.5 Å². The molecule has 2 N–H and O–H groups in total. The highest BCUT2D eigenvalue weighted by molar-refractivity contribution is 6.23. The lowest BCUT2D eigenvalue weighted by molar-refractivity contribution is -0.319. The van der Waals surface area contributed by atoms with E-state index in [9.17, 15) is 29.4 Å². The van der Waals surface area contributed by atoms with Crippen molar-refractivity contribution in [1.82, 2.24) is 0 Å². The predicted octanol–water partition coefficient (Wildman–Crippen LogP) is 0.601. The van der Waals surface area contributed by atoms with E-state index in [1.165, 1.54) is 26.0 Å². The highest BCUT2D eigenvalue weighted by Crippen LogP contribution is 2.61. The maximum absolute atomic E-state index is 13.3.